The molecule has 0 bridgehead atoms. The van der Waals surface area contributed by atoms with Gasteiger partial charge in [-0.25, -0.2) is 10.4 Å². The zero-order chi connectivity index (χ0) is 9.10. The van der Waals surface area contributed by atoms with Crippen molar-refractivity contribution < 1.29 is 0 Å². The fraction of sp³-hybridized carbons (Fsp3) is 0.143. The van der Waals surface area contributed by atoms with Gasteiger partial charge in [0.15, 0.2) is 0 Å². The molecule has 2 heterocycles. The van der Waals surface area contributed by atoms with E-state index in [2.05, 4.69) is 20.6 Å². The van der Waals surface area contributed by atoms with Gasteiger partial charge >= 0.3 is 0 Å². The first-order valence-corrected chi connectivity index (χ1v) is 4.64. The molecule has 1 atom stereocenters. The van der Waals surface area contributed by atoms with Crippen LogP contribution in [0.25, 0.3) is 0 Å². The van der Waals surface area contributed by atoms with Crippen molar-refractivity contribution in [3.05, 3.63) is 34.5 Å². The molecular formula is C7H9N5S. The van der Waals surface area contributed by atoms with Crippen LogP contribution in [0.2, 0.25) is 0 Å². The molecule has 2 aromatic rings. The molecule has 2 rings (SSSR count). The summed E-state index contributed by atoms with van der Waals surface area (Å²) in [5.41, 5.74) is 2.68. The maximum atomic E-state index is 5.42. The van der Waals surface area contributed by atoms with Gasteiger partial charge in [0.2, 0.25) is 0 Å². The lowest BCUT2D eigenvalue weighted by Crippen LogP contribution is -2.29. The van der Waals surface area contributed by atoms with Crippen molar-refractivity contribution in [2.75, 3.05) is 0 Å². The minimum atomic E-state index is -0.0949. The number of aromatic nitrogens is 3. The normalized spacial score (nSPS) is 13.0. The first-order chi connectivity index (χ1) is 6.42. The van der Waals surface area contributed by atoms with Crippen LogP contribution < -0.4 is 11.3 Å². The van der Waals surface area contributed by atoms with Crippen LogP contribution in [0.1, 0.15) is 16.7 Å². The predicted octanol–water partition coefficient (Wildman–Crippen LogP) is 0.419. The van der Waals surface area contributed by atoms with Crippen molar-refractivity contribution in [3.8, 4) is 0 Å². The number of aromatic amines is 1. The maximum Gasteiger partial charge on any atom is 0.148 e. The molecule has 0 amide bonds. The van der Waals surface area contributed by atoms with Gasteiger partial charge in [-0.3, -0.25) is 10.9 Å². The van der Waals surface area contributed by atoms with Gasteiger partial charge in [-0.1, -0.05) is 6.07 Å². The SMILES string of the molecule is NNC(c1ncn[nH]1)c1cccs1. The molecule has 0 saturated carbocycles. The molecular weight excluding hydrogens is 186 g/mol. The minimum absolute atomic E-state index is 0.0949. The van der Waals surface area contributed by atoms with E-state index in [9.17, 15) is 0 Å². The van der Waals surface area contributed by atoms with Gasteiger partial charge in [-0.05, 0) is 11.4 Å². The number of hydrogen-bond acceptors (Lipinski definition) is 5. The molecule has 0 fully saturated rings. The molecule has 13 heavy (non-hydrogen) atoms. The topological polar surface area (TPSA) is 79.6 Å². The van der Waals surface area contributed by atoms with Crippen LogP contribution in [-0.2, 0) is 0 Å². The molecule has 0 aliphatic heterocycles. The van der Waals surface area contributed by atoms with E-state index in [1.165, 1.54) is 6.33 Å². The molecule has 0 saturated heterocycles. The van der Waals surface area contributed by atoms with Gasteiger partial charge in [0.05, 0.1) is 0 Å². The van der Waals surface area contributed by atoms with Gasteiger partial charge in [0.25, 0.3) is 0 Å². The van der Waals surface area contributed by atoms with E-state index in [-0.39, 0.29) is 6.04 Å². The van der Waals surface area contributed by atoms with Crippen LogP contribution in [0.4, 0.5) is 0 Å². The number of thiophene rings is 1. The summed E-state index contributed by atoms with van der Waals surface area (Å²) in [6.07, 6.45) is 1.47. The van der Waals surface area contributed by atoms with Gasteiger partial charge in [0, 0.05) is 4.88 Å². The van der Waals surface area contributed by atoms with Crippen molar-refractivity contribution in [2.24, 2.45) is 5.84 Å². The number of hydrogen-bond donors (Lipinski definition) is 3. The zero-order valence-corrected chi connectivity index (χ0v) is 7.58. The van der Waals surface area contributed by atoms with Crippen molar-refractivity contribution >= 4 is 11.3 Å². The van der Waals surface area contributed by atoms with Gasteiger partial charge < -0.3 is 0 Å². The second kappa shape index (κ2) is 3.65. The van der Waals surface area contributed by atoms with Crippen LogP contribution >= 0.6 is 11.3 Å². The fourth-order valence-corrected chi connectivity index (χ4v) is 1.89. The molecule has 2 aromatic heterocycles. The lowest BCUT2D eigenvalue weighted by atomic mass is 10.2. The number of H-pyrrole nitrogens is 1. The zero-order valence-electron chi connectivity index (χ0n) is 6.77. The highest BCUT2D eigenvalue weighted by Crippen LogP contribution is 2.21. The Morgan fingerprint density at radius 2 is 2.54 bits per heavy atom. The Hall–Kier alpha value is -1.24. The highest BCUT2D eigenvalue weighted by Gasteiger charge is 2.15. The van der Waals surface area contributed by atoms with E-state index in [1.54, 1.807) is 11.3 Å². The molecule has 0 spiro atoms. The van der Waals surface area contributed by atoms with Crippen molar-refractivity contribution in [3.63, 3.8) is 0 Å². The predicted molar refractivity (Wildman–Crippen MR) is 49.9 cm³/mol. The lowest BCUT2D eigenvalue weighted by molar-refractivity contribution is 0.613. The maximum absolute atomic E-state index is 5.42. The van der Waals surface area contributed by atoms with E-state index in [0.717, 1.165) is 10.7 Å². The summed E-state index contributed by atoms with van der Waals surface area (Å²) in [6.45, 7) is 0. The second-order valence-electron chi connectivity index (χ2n) is 2.49. The largest absolute Gasteiger partial charge is 0.270 e. The number of nitrogens with one attached hydrogen (secondary N) is 2. The molecule has 0 aliphatic carbocycles. The highest BCUT2D eigenvalue weighted by molar-refractivity contribution is 7.10. The van der Waals surface area contributed by atoms with Gasteiger partial charge in [-0.2, -0.15) is 5.10 Å². The second-order valence-corrected chi connectivity index (χ2v) is 3.47. The number of hydrazine groups is 1. The van der Waals surface area contributed by atoms with Crippen LogP contribution in [-0.4, -0.2) is 15.2 Å². The van der Waals surface area contributed by atoms with Crippen LogP contribution in [0.5, 0.6) is 0 Å². The summed E-state index contributed by atoms with van der Waals surface area (Å²) in [5, 5.41) is 8.55. The standard InChI is InChI=1S/C7H9N5S/c8-11-6(5-2-1-3-13-5)7-9-4-10-12-7/h1-4,6,11H,8H2,(H,9,10,12). The smallest absolute Gasteiger partial charge is 0.148 e. The van der Waals surface area contributed by atoms with E-state index in [4.69, 9.17) is 5.84 Å². The summed E-state index contributed by atoms with van der Waals surface area (Å²) in [4.78, 5) is 5.15. The Kier molecular flexibility index (Phi) is 2.35. The summed E-state index contributed by atoms with van der Waals surface area (Å²) in [6, 6.07) is 3.88. The summed E-state index contributed by atoms with van der Waals surface area (Å²) in [7, 11) is 0. The highest BCUT2D eigenvalue weighted by atomic mass is 32.1. The fourth-order valence-electron chi connectivity index (χ4n) is 1.11. The molecule has 0 aliphatic rings. The Morgan fingerprint density at radius 1 is 1.62 bits per heavy atom. The average molecular weight is 195 g/mol. The number of nitrogens with zero attached hydrogens (tertiary/aromatic N) is 2. The molecule has 0 radical (unpaired) electrons. The van der Waals surface area contributed by atoms with Gasteiger partial charge in [0.1, 0.15) is 18.2 Å². The lowest BCUT2D eigenvalue weighted by Gasteiger charge is -2.09. The Morgan fingerprint density at radius 3 is 3.08 bits per heavy atom. The molecule has 0 aromatic carbocycles. The molecule has 1 unspecified atom stereocenters. The minimum Gasteiger partial charge on any atom is -0.270 e. The molecule has 4 N–H and O–H groups in total. The van der Waals surface area contributed by atoms with Crippen LogP contribution in [0.3, 0.4) is 0 Å². The molecule has 6 heteroatoms. The first kappa shape index (κ1) is 8.36. The van der Waals surface area contributed by atoms with Crippen LogP contribution in [0.15, 0.2) is 23.8 Å². The van der Waals surface area contributed by atoms with E-state index >= 15 is 0 Å². The Balaban J connectivity index is 2.29. The van der Waals surface area contributed by atoms with E-state index in [1.807, 2.05) is 17.5 Å². The molecule has 5 nitrogen and oxygen atoms in total. The first-order valence-electron chi connectivity index (χ1n) is 3.76. The third-order valence-electron chi connectivity index (χ3n) is 1.70. The summed E-state index contributed by atoms with van der Waals surface area (Å²) in [5.74, 6) is 6.15. The third kappa shape index (κ3) is 1.59. The number of rotatable bonds is 3. The van der Waals surface area contributed by atoms with Crippen molar-refractivity contribution in [1.29, 1.82) is 0 Å². The van der Waals surface area contributed by atoms with Crippen LogP contribution in [0, 0.1) is 0 Å². The van der Waals surface area contributed by atoms with Gasteiger partial charge in [-0.15, -0.1) is 11.3 Å². The van der Waals surface area contributed by atoms with E-state index in [0.29, 0.717) is 0 Å². The average Bonchev–Trinajstić information content (AvgIpc) is 2.76. The third-order valence-corrected chi connectivity index (χ3v) is 2.64. The quantitative estimate of drug-likeness (QED) is 0.490. The Bertz CT molecular complexity index is 307. The van der Waals surface area contributed by atoms with Crippen molar-refractivity contribution in [2.45, 2.75) is 6.04 Å². The number of nitrogens with two attached hydrogens (primary N) is 1. The summed E-state index contributed by atoms with van der Waals surface area (Å²) >= 11 is 1.62. The van der Waals surface area contributed by atoms with E-state index < -0.39 is 0 Å². The van der Waals surface area contributed by atoms with Crippen molar-refractivity contribution in [1.82, 2.24) is 20.6 Å². The monoisotopic (exact) mass is 195 g/mol. The Labute approximate surface area is 79.0 Å². The summed E-state index contributed by atoms with van der Waals surface area (Å²) < 4.78 is 0. The molecule has 68 valence electrons.